The Labute approximate surface area is 127 Å². The molecule has 1 aromatic heterocycles. The summed E-state index contributed by atoms with van der Waals surface area (Å²) in [5.74, 6) is 0.520. The first-order chi connectivity index (χ1) is 10.1. The first-order valence-electron chi connectivity index (χ1n) is 6.44. The minimum absolute atomic E-state index is 0.242. The van der Waals surface area contributed by atoms with Crippen molar-refractivity contribution in [3.05, 3.63) is 34.8 Å². The standard InChI is InChI=1S/C14H17N3O3S/c1-9(13(18)15-14-17-16-10(2)21-14)20-8-11-5-4-6-12(7-11)19-3/h4-7,9H,8H2,1-3H3,(H,15,17,18)/t9-/m1/s1. The number of rotatable bonds is 6. The Morgan fingerprint density at radius 2 is 2.24 bits per heavy atom. The third kappa shape index (κ3) is 4.51. The number of carbonyl (C=O) groups is 1. The van der Waals surface area contributed by atoms with Gasteiger partial charge in [0.2, 0.25) is 5.13 Å². The summed E-state index contributed by atoms with van der Waals surface area (Å²) in [5, 5.41) is 11.6. The van der Waals surface area contributed by atoms with Gasteiger partial charge in [0.15, 0.2) is 0 Å². The molecule has 1 N–H and O–H groups in total. The van der Waals surface area contributed by atoms with Crippen LogP contribution in [0.5, 0.6) is 5.75 Å². The van der Waals surface area contributed by atoms with Crippen LogP contribution in [0.4, 0.5) is 5.13 Å². The van der Waals surface area contributed by atoms with E-state index in [9.17, 15) is 4.79 Å². The van der Waals surface area contributed by atoms with E-state index in [1.807, 2.05) is 31.2 Å². The Morgan fingerprint density at radius 1 is 1.43 bits per heavy atom. The van der Waals surface area contributed by atoms with Gasteiger partial charge in [0.05, 0.1) is 13.7 Å². The topological polar surface area (TPSA) is 73.3 Å². The number of nitrogens with one attached hydrogen (secondary N) is 1. The maximum absolute atomic E-state index is 11.9. The normalized spacial score (nSPS) is 12.0. The molecular weight excluding hydrogens is 290 g/mol. The van der Waals surface area contributed by atoms with Crippen molar-refractivity contribution in [3.63, 3.8) is 0 Å². The third-order valence-electron chi connectivity index (χ3n) is 2.76. The van der Waals surface area contributed by atoms with Gasteiger partial charge in [-0.25, -0.2) is 0 Å². The van der Waals surface area contributed by atoms with Crippen molar-refractivity contribution in [2.24, 2.45) is 0 Å². The SMILES string of the molecule is COc1cccc(CO[C@H](C)C(=O)Nc2nnc(C)s2)c1. The monoisotopic (exact) mass is 307 g/mol. The van der Waals surface area contributed by atoms with Crippen LogP contribution in [0.1, 0.15) is 17.5 Å². The van der Waals surface area contributed by atoms with Gasteiger partial charge in [-0.15, -0.1) is 10.2 Å². The highest BCUT2D eigenvalue weighted by Gasteiger charge is 2.15. The van der Waals surface area contributed by atoms with Crippen molar-refractivity contribution < 1.29 is 14.3 Å². The Hall–Kier alpha value is -1.99. The predicted octanol–water partition coefficient (Wildman–Crippen LogP) is 2.40. The molecule has 1 aromatic carbocycles. The van der Waals surface area contributed by atoms with Gasteiger partial charge >= 0.3 is 0 Å². The van der Waals surface area contributed by atoms with Crippen LogP contribution in [0.25, 0.3) is 0 Å². The number of nitrogens with zero attached hydrogens (tertiary/aromatic N) is 2. The van der Waals surface area contributed by atoms with E-state index >= 15 is 0 Å². The second-order valence-electron chi connectivity index (χ2n) is 4.42. The van der Waals surface area contributed by atoms with Gasteiger partial charge in [-0.2, -0.15) is 0 Å². The molecular formula is C14H17N3O3S. The predicted molar refractivity (Wildman–Crippen MR) is 80.5 cm³/mol. The van der Waals surface area contributed by atoms with Crippen molar-refractivity contribution in [2.45, 2.75) is 26.6 Å². The Morgan fingerprint density at radius 3 is 2.90 bits per heavy atom. The first-order valence-corrected chi connectivity index (χ1v) is 7.25. The van der Waals surface area contributed by atoms with Crippen molar-refractivity contribution >= 4 is 22.4 Å². The number of benzene rings is 1. The molecule has 2 rings (SSSR count). The molecule has 0 aliphatic heterocycles. The van der Waals surface area contributed by atoms with E-state index in [4.69, 9.17) is 9.47 Å². The summed E-state index contributed by atoms with van der Waals surface area (Å²) in [6.45, 7) is 3.86. The molecule has 0 saturated heterocycles. The summed E-state index contributed by atoms with van der Waals surface area (Å²) in [5.41, 5.74) is 0.945. The second-order valence-corrected chi connectivity index (χ2v) is 5.60. The van der Waals surface area contributed by atoms with Crippen molar-refractivity contribution in [1.29, 1.82) is 0 Å². The second kappa shape index (κ2) is 7.14. The van der Waals surface area contributed by atoms with E-state index < -0.39 is 6.10 Å². The van der Waals surface area contributed by atoms with E-state index in [1.165, 1.54) is 11.3 Å². The Bertz CT molecular complexity index is 615. The summed E-state index contributed by atoms with van der Waals surface area (Å²) >= 11 is 1.33. The molecule has 0 radical (unpaired) electrons. The average molecular weight is 307 g/mol. The van der Waals surface area contributed by atoms with Crippen molar-refractivity contribution in [2.75, 3.05) is 12.4 Å². The number of ether oxygens (including phenoxy) is 2. The van der Waals surface area contributed by atoms with Crippen LogP contribution in [0.2, 0.25) is 0 Å². The van der Waals surface area contributed by atoms with Gasteiger partial charge in [-0.3, -0.25) is 10.1 Å². The number of aromatic nitrogens is 2. The van der Waals surface area contributed by atoms with Gasteiger partial charge in [-0.05, 0) is 31.5 Å². The van der Waals surface area contributed by atoms with E-state index in [2.05, 4.69) is 15.5 Å². The molecule has 0 saturated carbocycles. The van der Waals surface area contributed by atoms with Gasteiger partial charge in [0.25, 0.3) is 5.91 Å². The fraction of sp³-hybridized carbons (Fsp3) is 0.357. The van der Waals surface area contributed by atoms with Crippen LogP contribution in [-0.2, 0) is 16.1 Å². The minimum Gasteiger partial charge on any atom is -0.497 e. The number of hydrogen-bond acceptors (Lipinski definition) is 6. The molecule has 0 aliphatic carbocycles. The largest absolute Gasteiger partial charge is 0.497 e. The van der Waals surface area contributed by atoms with Crippen LogP contribution in [0.15, 0.2) is 24.3 Å². The minimum atomic E-state index is -0.583. The first kappa shape index (κ1) is 15.4. The molecule has 0 aliphatic rings. The zero-order valence-electron chi connectivity index (χ0n) is 12.1. The summed E-state index contributed by atoms with van der Waals surface area (Å²) in [7, 11) is 1.61. The molecule has 1 heterocycles. The summed E-state index contributed by atoms with van der Waals surface area (Å²) in [6.07, 6.45) is -0.583. The van der Waals surface area contributed by atoms with Crippen molar-refractivity contribution in [3.8, 4) is 5.75 Å². The maximum atomic E-state index is 11.9. The number of hydrogen-bond donors (Lipinski definition) is 1. The van der Waals surface area contributed by atoms with E-state index in [1.54, 1.807) is 14.0 Å². The molecule has 21 heavy (non-hydrogen) atoms. The fourth-order valence-corrected chi connectivity index (χ4v) is 2.21. The number of amides is 1. The molecule has 0 fully saturated rings. The Balaban J connectivity index is 1.85. The number of aryl methyl sites for hydroxylation is 1. The van der Waals surface area contributed by atoms with E-state index in [0.29, 0.717) is 11.7 Å². The lowest BCUT2D eigenvalue weighted by atomic mass is 10.2. The molecule has 112 valence electrons. The zero-order chi connectivity index (χ0) is 15.2. The highest BCUT2D eigenvalue weighted by molar-refractivity contribution is 7.15. The molecule has 1 amide bonds. The number of methoxy groups -OCH3 is 1. The summed E-state index contributed by atoms with van der Waals surface area (Å²) in [4.78, 5) is 11.9. The van der Waals surface area contributed by atoms with Crippen LogP contribution >= 0.6 is 11.3 Å². The van der Waals surface area contributed by atoms with Crippen LogP contribution < -0.4 is 10.1 Å². The average Bonchev–Trinajstić information content (AvgIpc) is 2.90. The molecule has 0 spiro atoms. The highest BCUT2D eigenvalue weighted by atomic mass is 32.1. The number of carbonyl (C=O) groups excluding carboxylic acids is 1. The summed E-state index contributed by atoms with van der Waals surface area (Å²) < 4.78 is 10.7. The van der Waals surface area contributed by atoms with Gasteiger partial charge < -0.3 is 9.47 Å². The Kier molecular flexibility index (Phi) is 5.24. The lowest BCUT2D eigenvalue weighted by Gasteiger charge is -2.12. The molecule has 0 bridgehead atoms. The fourth-order valence-electron chi connectivity index (χ4n) is 1.61. The van der Waals surface area contributed by atoms with Crippen molar-refractivity contribution in [1.82, 2.24) is 10.2 Å². The molecule has 2 aromatic rings. The quantitative estimate of drug-likeness (QED) is 0.887. The van der Waals surface area contributed by atoms with Crippen LogP contribution in [0.3, 0.4) is 0 Å². The van der Waals surface area contributed by atoms with Crippen LogP contribution in [0, 0.1) is 6.92 Å². The van der Waals surface area contributed by atoms with Crippen LogP contribution in [-0.4, -0.2) is 29.3 Å². The third-order valence-corrected chi connectivity index (χ3v) is 3.51. The highest BCUT2D eigenvalue weighted by Crippen LogP contribution is 2.16. The summed E-state index contributed by atoms with van der Waals surface area (Å²) in [6, 6.07) is 7.53. The lowest BCUT2D eigenvalue weighted by molar-refractivity contribution is -0.127. The number of anilines is 1. The lowest BCUT2D eigenvalue weighted by Crippen LogP contribution is -2.27. The molecule has 1 atom stereocenters. The zero-order valence-corrected chi connectivity index (χ0v) is 12.9. The smallest absolute Gasteiger partial charge is 0.255 e. The molecule has 6 nitrogen and oxygen atoms in total. The van der Waals surface area contributed by atoms with E-state index in [-0.39, 0.29) is 5.91 Å². The van der Waals surface area contributed by atoms with Gasteiger partial charge in [-0.1, -0.05) is 23.5 Å². The maximum Gasteiger partial charge on any atom is 0.255 e. The molecule has 7 heteroatoms. The van der Waals surface area contributed by atoms with Gasteiger partial charge in [0.1, 0.15) is 16.9 Å². The van der Waals surface area contributed by atoms with E-state index in [0.717, 1.165) is 16.3 Å². The molecule has 0 unspecified atom stereocenters. The van der Waals surface area contributed by atoms with Gasteiger partial charge in [0, 0.05) is 0 Å².